The van der Waals surface area contributed by atoms with Crippen LogP contribution >= 0.6 is 23.7 Å². The van der Waals surface area contributed by atoms with E-state index in [2.05, 4.69) is 11.4 Å². The van der Waals surface area contributed by atoms with Crippen LogP contribution in [0.1, 0.15) is 17.7 Å². The van der Waals surface area contributed by atoms with Gasteiger partial charge in [-0.1, -0.05) is 6.07 Å². The number of amides is 1. The monoisotopic (exact) mass is 260 g/mol. The Morgan fingerprint density at radius 1 is 1.69 bits per heavy atom. The molecule has 0 bridgehead atoms. The molecule has 90 valence electrons. The molecule has 1 aliphatic rings. The van der Waals surface area contributed by atoms with Gasteiger partial charge in [-0.05, 0) is 30.8 Å². The van der Waals surface area contributed by atoms with Gasteiger partial charge in [-0.3, -0.25) is 4.79 Å². The van der Waals surface area contributed by atoms with Crippen LogP contribution in [0.3, 0.4) is 0 Å². The maximum Gasteiger partial charge on any atom is 0.239 e. The first-order valence-corrected chi connectivity index (χ1v) is 6.16. The van der Waals surface area contributed by atoms with Crippen LogP contribution < -0.4 is 5.32 Å². The van der Waals surface area contributed by atoms with Crippen LogP contribution in [0.4, 0.5) is 0 Å². The predicted octanol–water partition coefficient (Wildman–Crippen LogP) is 1.88. The molecule has 1 aliphatic heterocycles. The quantitative estimate of drug-likeness (QED) is 0.900. The summed E-state index contributed by atoms with van der Waals surface area (Å²) < 4.78 is 0. The van der Waals surface area contributed by atoms with Gasteiger partial charge in [0.25, 0.3) is 0 Å². The summed E-state index contributed by atoms with van der Waals surface area (Å²) in [5, 5.41) is 5.27. The van der Waals surface area contributed by atoms with Crippen LogP contribution in [0.25, 0.3) is 0 Å². The zero-order chi connectivity index (χ0) is 10.7. The largest absolute Gasteiger partial charge is 0.339 e. The van der Waals surface area contributed by atoms with E-state index in [-0.39, 0.29) is 24.4 Å². The van der Waals surface area contributed by atoms with Crippen LogP contribution in [0, 0.1) is 0 Å². The van der Waals surface area contributed by atoms with Crippen molar-refractivity contribution in [2.24, 2.45) is 0 Å². The number of carbonyl (C=O) groups excluding carboxylic acids is 1. The fourth-order valence-corrected chi connectivity index (χ4v) is 2.63. The highest BCUT2D eigenvalue weighted by atomic mass is 35.5. The number of hydrogen-bond acceptors (Lipinski definition) is 3. The van der Waals surface area contributed by atoms with E-state index in [0.717, 1.165) is 25.9 Å². The van der Waals surface area contributed by atoms with Gasteiger partial charge in [0.1, 0.15) is 0 Å². The van der Waals surface area contributed by atoms with Crippen molar-refractivity contribution in [2.45, 2.75) is 25.4 Å². The van der Waals surface area contributed by atoms with Crippen molar-refractivity contribution in [1.29, 1.82) is 0 Å². The van der Waals surface area contributed by atoms with Gasteiger partial charge in [0.15, 0.2) is 0 Å². The molecule has 1 atom stereocenters. The molecule has 0 spiro atoms. The maximum absolute atomic E-state index is 11.9. The normalized spacial score (nSPS) is 19.2. The number of likely N-dealkylation sites (N-methyl/N-ethyl adjacent to an activating group) is 1. The van der Waals surface area contributed by atoms with E-state index < -0.39 is 0 Å². The van der Waals surface area contributed by atoms with Crippen molar-refractivity contribution in [2.75, 3.05) is 13.6 Å². The summed E-state index contributed by atoms with van der Waals surface area (Å²) in [6.45, 7) is 1.71. The Labute approximate surface area is 106 Å². The van der Waals surface area contributed by atoms with Crippen molar-refractivity contribution < 1.29 is 4.79 Å². The van der Waals surface area contributed by atoms with Gasteiger partial charge in [-0.25, -0.2) is 0 Å². The second-order valence-corrected chi connectivity index (χ2v) is 4.95. The minimum absolute atomic E-state index is 0. The summed E-state index contributed by atoms with van der Waals surface area (Å²) >= 11 is 1.70. The van der Waals surface area contributed by atoms with Crippen molar-refractivity contribution in [3.63, 3.8) is 0 Å². The van der Waals surface area contributed by atoms with Crippen molar-refractivity contribution in [3.8, 4) is 0 Å². The number of nitrogens with zero attached hydrogens (tertiary/aromatic N) is 1. The molecule has 0 aliphatic carbocycles. The first-order valence-electron chi connectivity index (χ1n) is 5.28. The minimum Gasteiger partial charge on any atom is -0.339 e. The first-order chi connectivity index (χ1) is 7.27. The lowest BCUT2D eigenvalue weighted by molar-refractivity contribution is -0.132. The van der Waals surface area contributed by atoms with Gasteiger partial charge in [0, 0.05) is 11.9 Å². The fourth-order valence-electron chi connectivity index (χ4n) is 1.88. The minimum atomic E-state index is 0. The molecule has 5 heteroatoms. The van der Waals surface area contributed by atoms with E-state index in [1.807, 2.05) is 23.4 Å². The third-order valence-corrected chi connectivity index (χ3v) is 3.57. The van der Waals surface area contributed by atoms with Crippen LogP contribution in [0.15, 0.2) is 17.5 Å². The zero-order valence-electron chi connectivity index (χ0n) is 9.31. The van der Waals surface area contributed by atoms with E-state index in [4.69, 9.17) is 0 Å². The summed E-state index contributed by atoms with van der Waals surface area (Å²) in [5.74, 6) is 0.223. The van der Waals surface area contributed by atoms with E-state index in [9.17, 15) is 4.79 Å². The number of rotatable bonds is 3. The second kappa shape index (κ2) is 6.23. The molecule has 3 nitrogen and oxygen atoms in total. The standard InChI is InChI=1S/C11H16N2OS.ClH/c1-13(8-9-4-3-7-15-9)11(14)10-5-2-6-12-10;/h3-4,7,10,12H,2,5-6,8H2,1H3;1H/t10-;/m0./s1. The molecule has 1 saturated heterocycles. The fraction of sp³-hybridized carbons (Fsp3) is 0.545. The molecule has 1 fully saturated rings. The van der Waals surface area contributed by atoms with Gasteiger partial charge >= 0.3 is 0 Å². The summed E-state index contributed by atoms with van der Waals surface area (Å²) in [4.78, 5) is 15.0. The van der Waals surface area contributed by atoms with Gasteiger partial charge in [0.2, 0.25) is 5.91 Å². The highest BCUT2D eigenvalue weighted by molar-refractivity contribution is 7.09. The Morgan fingerprint density at radius 3 is 3.06 bits per heavy atom. The Balaban J connectivity index is 0.00000128. The lowest BCUT2D eigenvalue weighted by Crippen LogP contribution is -2.41. The molecule has 0 saturated carbocycles. The van der Waals surface area contributed by atoms with Crippen LogP contribution in [-0.2, 0) is 11.3 Å². The van der Waals surface area contributed by atoms with Gasteiger partial charge in [0.05, 0.1) is 12.6 Å². The zero-order valence-corrected chi connectivity index (χ0v) is 10.9. The van der Waals surface area contributed by atoms with Crippen molar-refractivity contribution >= 4 is 29.7 Å². The lowest BCUT2D eigenvalue weighted by Gasteiger charge is -2.20. The van der Waals surface area contributed by atoms with Crippen LogP contribution in [0.2, 0.25) is 0 Å². The smallest absolute Gasteiger partial charge is 0.239 e. The Morgan fingerprint density at radius 2 is 2.50 bits per heavy atom. The number of hydrogen-bond donors (Lipinski definition) is 1. The molecule has 1 aromatic heterocycles. The molecular weight excluding hydrogens is 244 g/mol. The molecule has 16 heavy (non-hydrogen) atoms. The van der Waals surface area contributed by atoms with Crippen molar-refractivity contribution in [3.05, 3.63) is 22.4 Å². The molecule has 0 unspecified atom stereocenters. The highest BCUT2D eigenvalue weighted by Gasteiger charge is 2.24. The molecule has 2 rings (SSSR count). The van der Waals surface area contributed by atoms with Gasteiger partial charge in [-0.15, -0.1) is 23.7 Å². The van der Waals surface area contributed by atoms with Crippen LogP contribution in [-0.4, -0.2) is 30.4 Å². The molecular formula is C11H17ClN2OS. The highest BCUT2D eigenvalue weighted by Crippen LogP contribution is 2.13. The number of carbonyl (C=O) groups is 1. The van der Waals surface area contributed by atoms with Crippen molar-refractivity contribution in [1.82, 2.24) is 10.2 Å². The molecule has 1 aromatic rings. The SMILES string of the molecule is CN(Cc1cccs1)C(=O)[C@@H]1CCCN1.Cl. The molecule has 1 N–H and O–H groups in total. The predicted molar refractivity (Wildman–Crippen MR) is 69.1 cm³/mol. The number of nitrogens with one attached hydrogen (secondary N) is 1. The second-order valence-electron chi connectivity index (χ2n) is 3.92. The molecule has 0 aromatic carbocycles. The van der Waals surface area contributed by atoms with Gasteiger partial charge < -0.3 is 10.2 Å². The average molecular weight is 261 g/mol. The Bertz CT molecular complexity index is 323. The third kappa shape index (κ3) is 3.20. The summed E-state index contributed by atoms with van der Waals surface area (Å²) in [5.41, 5.74) is 0. The summed E-state index contributed by atoms with van der Waals surface area (Å²) in [6.07, 6.45) is 2.09. The van der Waals surface area contributed by atoms with Gasteiger partial charge in [-0.2, -0.15) is 0 Å². The van der Waals surface area contributed by atoms with E-state index in [0.29, 0.717) is 0 Å². The number of halogens is 1. The average Bonchev–Trinajstić information content (AvgIpc) is 2.88. The maximum atomic E-state index is 11.9. The summed E-state index contributed by atoms with van der Waals surface area (Å²) in [7, 11) is 1.88. The lowest BCUT2D eigenvalue weighted by atomic mass is 10.2. The van der Waals surface area contributed by atoms with E-state index in [1.54, 1.807) is 11.3 Å². The molecule has 1 amide bonds. The van der Waals surface area contributed by atoms with E-state index in [1.165, 1.54) is 4.88 Å². The molecule has 2 heterocycles. The molecule has 0 radical (unpaired) electrons. The number of thiophene rings is 1. The Hall–Kier alpha value is -0.580. The first kappa shape index (κ1) is 13.5. The topological polar surface area (TPSA) is 32.3 Å². The van der Waals surface area contributed by atoms with E-state index >= 15 is 0 Å². The van der Waals surface area contributed by atoms with Crippen LogP contribution in [0.5, 0.6) is 0 Å². The Kier molecular flexibility index (Phi) is 5.25. The third-order valence-electron chi connectivity index (χ3n) is 2.71. The summed E-state index contributed by atoms with van der Waals surface area (Å²) in [6, 6.07) is 4.14.